The first kappa shape index (κ1) is 8.59. The molecule has 0 saturated heterocycles. The molecule has 0 aliphatic heterocycles. The Morgan fingerprint density at radius 3 is 2.00 bits per heavy atom. The molecular weight excluding hydrogens is 144 g/mol. The molecule has 2 saturated carbocycles. The smallest absolute Gasteiger partial charge is 0.0189 e. The zero-order valence-corrected chi connectivity index (χ0v) is 9.09. The fourth-order valence-corrected chi connectivity index (χ4v) is 4.66. The first-order chi connectivity index (χ1) is 5.52. The highest BCUT2D eigenvalue weighted by Crippen LogP contribution is 2.73. The van der Waals surface area contributed by atoms with E-state index in [1.54, 1.807) is 0 Å². The van der Waals surface area contributed by atoms with Crippen LogP contribution >= 0.6 is 0 Å². The number of rotatable bonds is 1. The van der Waals surface area contributed by atoms with Gasteiger partial charge in [-0.1, -0.05) is 34.6 Å². The fourth-order valence-electron chi connectivity index (χ4n) is 4.66. The summed E-state index contributed by atoms with van der Waals surface area (Å²) in [5, 5.41) is 0. The van der Waals surface area contributed by atoms with Crippen LogP contribution < -0.4 is 0 Å². The lowest BCUT2D eigenvalue weighted by atomic mass is 9.31. The molecule has 0 N–H and O–H groups in total. The second-order valence-corrected chi connectivity index (χ2v) is 5.55. The second-order valence-electron chi connectivity index (χ2n) is 5.55. The van der Waals surface area contributed by atoms with Gasteiger partial charge in [-0.05, 0) is 41.4 Å². The monoisotopic (exact) mass is 166 g/mol. The quantitative estimate of drug-likeness (QED) is 0.558. The number of hydrogen-bond donors (Lipinski definition) is 0. The van der Waals surface area contributed by atoms with Crippen molar-refractivity contribution in [2.24, 2.45) is 35.0 Å². The highest BCUT2D eigenvalue weighted by Gasteiger charge is 2.67. The molecule has 0 aromatic rings. The van der Waals surface area contributed by atoms with Crippen molar-refractivity contribution < 1.29 is 0 Å². The van der Waals surface area contributed by atoms with Crippen molar-refractivity contribution in [1.29, 1.82) is 0 Å². The molecule has 0 nitrogen and oxygen atoms in total. The van der Waals surface area contributed by atoms with E-state index in [2.05, 4.69) is 34.6 Å². The maximum absolute atomic E-state index is 2.47. The predicted octanol–water partition coefficient (Wildman–Crippen LogP) is 3.57. The molecule has 12 heavy (non-hydrogen) atoms. The Morgan fingerprint density at radius 1 is 1.17 bits per heavy atom. The minimum absolute atomic E-state index is 0.749. The van der Waals surface area contributed by atoms with E-state index in [1.807, 2.05) is 0 Å². The summed E-state index contributed by atoms with van der Waals surface area (Å²) in [6, 6.07) is 0. The van der Waals surface area contributed by atoms with Gasteiger partial charge in [0.1, 0.15) is 0 Å². The molecule has 0 heteroatoms. The van der Waals surface area contributed by atoms with E-state index < -0.39 is 0 Å². The zero-order chi connectivity index (χ0) is 9.09. The van der Waals surface area contributed by atoms with E-state index in [4.69, 9.17) is 0 Å². The van der Waals surface area contributed by atoms with Gasteiger partial charge in [-0.3, -0.25) is 0 Å². The standard InChI is InChI=1S/C12H22/c1-7(2)12-8(3)6-11(12)9(4)10(12)5/h7-11H,6H2,1-5H3. The Labute approximate surface area is 76.7 Å². The van der Waals surface area contributed by atoms with E-state index in [1.165, 1.54) is 6.42 Å². The summed E-state index contributed by atoms with van der Waals surface area (Å²) >= 11 is 0. The minimum Gasteiger partial charge on any atom is -0.0622 e. The van der Waals surface area contributed by atoms with Crippen LogP contribution in [0.15, 0.2) is 0 Å². The van der Waals surface area contributed by atoms with Crippen LogP contribution in [0.4, 0.5) is 0 Å². The van der Waals surface area contributed by atoms with Gasteiger partial charge in [0.25, 0.3) is 0 Å². The van der Waals surface area contributed by atoms with Crippen LogP contribution in [0.3, 0.4) is 0 Å². The van der Waals surface area contributed by atoms with Crippen LogP contribution in [0, 0.1) is 35.0 Å². The van der Waals surface area contributed by atoms with Crippen molar-refractivity contribution in [2.75, 3.05) is 0 Å². The molecule has 2 aliphatic rings. The summed E-state index contributed by atoms with van der Waals surface area (Å²) in [6.07, 6.45) is 1.50. The summed E-state index contributed by atoms with van der Waals surface area (Å²) < 4.78 is 0. The molecule has 0 amide bonds. The highest BCUT2D eigenvalue weighted by molar-refractivity contribution is 5.15. The summed E-state index contributed by atoms with van der Waals surface area (Å²) in [6.45, 7) is 12.2. The van der Waals surface area contributed by atoms with Crippen LogP contribution in [0.1, 0.15) is 41.0 Å². The molecule has 0 bridgehead atoms. The van der Waals surface area contributed by atoms with E-state index in [0.29, 0.717) is 0 Å². The van der Waals surface area contributed by atoms with E-state index in [0.717, 1.165) is 35.0 Å². The average molecular weight is 166 g/mol. The third kappa shape index (κ3) is 0.625. The fraction of sp³-hybridized carbons (Fsp3) is 1.00. The van der Waals surface area contributed by atoms with Crippen molar-refractivity contribution in [3.63, 3.8) is 0 Å². The van der Waals surface area contributed by atoms with Crippen LogP contribution in [-0.4, -0.2) is 0 Å². The molecular formula is C12H22. The maximum atomic E-state index is 2.47. The number of hydrogen-bond acceptors (Lipinski definition) is 0. The minimum atomic E-state index is 0.749. The molecule has 0 aromatic carbocycles. The van der Waals surface area contributed by atoms with Gasteiger partial charge in [-0.25, -0.2) is 0 Å². The topological polar surface area (TPSA) is 0 Å². The lowest BCUT2D eigenvalue weighted by molar-refractivity contribution is -0.256. The van der Waals surface area contributed by atoms with E-state index in [-0.39, 0.29) is 0 Å². The third-order valence-corrected chi connectivity index (χ3v) is 5.32. The Morgan fingerprint density at radius 2 is 1.75 bits per heavy atom. The van der Waals surface area contributed by atoms with Crippen molar-refractivity contribution in [3.05, 3.63) is 0 Å². The highest BCUT2D eigenvalue weighted by atomic mass is 14.7. The maximum Gasteiger partial charge on any atom is -0.0189 e. The normalized spacial score (nSPS) is 57.5. The van der Waals surface area contributed by atoms with Crippen LogP contribution in [0.25, 0.3) is 0 Å². The molecule has 0 aromatic heterocycles. The zero-order valence-electron chi connectivity index (χ0n) is 9.09. The van der Waals surface area contributed by atoms with Crippen LogP contribution in [0.2, 0.25) is 0 Å². The molecule has 2 rings (SSSR count). The first-order valence-electron chi connectivity index (χ1n) is 5.52. The molecule has 2 fully saturated rings. The summed E-state index contributed by atoms with van der Waals surface area (Å²) in [4.78, 5) is 0. The summed E-state index contributed by atoms with van der Waals surface area (Å²) in [7, 11) is 0. The molecule has 2 aliphatic carbocycles. The van der Waals surface area contributed by atoms with E-state index >= 15 is 0 Å². The SMILES string of the molecule is CC1C(C)C2(C(C)C)C(C)CC12. The van der Waals surface area contributed by atoms with Gasteiger partial charge >= 0.3 is 0 Å². The average Bonchev–Trinajstić information content (AvgIpc) is 1.98. The lowest BCUT2D eigenvalue weighted by Gasteiger charge is -2.73. The van der Waals surface area contributed by atoms with Gasteiger partial charge in [0.15, 0.2) is 0 Å². The molecule has 0 spiro atoms. The Hall–Kier alpha value is 0. The predicted molar refractivity (Wildman–Crippen MR) is 52.9 cm³/mol. The third-order valence-electron chi connectivity index (χ3n) is 5.32. The van der Waals surface area contributed by atoms with Crippen LogP contribution in [0.5, 0.6) is 0 Å². The first-order valence-corrected chi connectivity index (χ1v) is 5.52. The molecule has 0 heterocycles. The van der Waals surface area contributed by atoms with Gasteiger partial charge in [0, 0.05) is 0 Å². The molecule has 0 radical (unpaired) electrons. The van der Waals surface area contributed by atoms with Gasteiger partial charge in [-0.15, -0.1) is 0 Å². The van der Waals surface area contributed by atoms with Gasteiger partial charge in [0.05, 0.1) is 0 Å². The Balaban J connectivity index is 2.22. The second kappa shape index (κ2) is 2.27. The molecule has 5 atom stereocenters. The van der Waals surface area contributed by atoms with Gasteiger partial charge in [0.2, 0.25) is 0 Å². The Bertz CT molecular complexity index is 179. The van der Waals surface area contributed by atoms with Crippen molar-refractivity contribution in [2.45, 2.75) is 41.0 Å². The van der Waals surface area contributed by atoms with Crippen molar-refractivity contribution >= 4 is 0 Å². The molecule has 5 unspecified atom stereocenters. The number of fused-ring (bicyclic) bond motifs is 1. The van der Waals surface area contributed by atoms with E-state index in [9.17, 15) is 0 Å². The van der Waals surface area contributed by atoms with Gasteiger partial charge < -0.3 is 0 Å². The Kier molecular flexibility index (Phi) is 1.63. The van der Waals surface area contributed by atoms with Gasteiger partial charge in [-0.2, -0.15) is 0 Å². The van der Waals surface area contributed by atoms with Crippen LogP contribution in [-0.2, 0) is 0 Å². The molecule has 70 valence electrons. The van der Waals surface area contributed by atoms with Crippen molar-refractivity contribution in [3.8, 4) is 0 Å². The largest absolute Gasteiger partial charge is 0.0622 e. The lowest BCUT2D eigenvalue weighted by Crippen LogP contribution is -2.68. The van der Waals surface area contributed by atoms with Crippen molar-refractivity contribution in [1.82, 2.24) is 0 Å². The summed E-state index contributed by atoms with van der Waals surface area (Å²) in [5.41, 5.74) is 0.749. The summed E-state index contributed by atoms with van der Waals surface area (Å²) in [5.74, 6) is 4.95.